The van der Waals surface area contributed by atoms with E-state index in [-0.39, 0.29) is 18.4 Å². The molecule has 1 aliphatic heterocycles. The summed E-state index contributed by atoms with van der Waals surface area (Å²) in [4.78, 5) is 27.0. The number of amides is 1. The zero-order valence-corrected chi connectivity index (χ0v) is 8.24. The largest absolute Gasteiger partial charge is 0.301 e. The van der Waals surface area contributed by atoms with E-state index in [1.165, 1.54) is 0 Å². The highest BCUT2D eigenvalue weighted by molar-refractivity contribution is 5.80. The highest BCUT2D eigenvalue weighted by Crippen LogP contribution is 2.32. The molecule has 1 heterocycles. The molecule has 0 N–H and O–H groups in total. The predicted molar refractivity (Wildman–Crippen MR) is 46.7 cm³/mol. The Balaban J connectivity index is 2.68. The van der Waals surface area contributed by atoms with Crippen molar-refractivity contribution in [3.8, 4) is 0 Å². The first-order valence-corrected chi connectivity index (χ1v) is 4.43. The monoisotopic (exact) mass is 185 g/mol. The lowest BCUT2D eigenvalue weighted by Gasteiger charge is -2.26. The van der Waals surface area contributed by atoms with Gasteiger partial charge in [0.2, 0.25) is 5.91 Å². The molecule has 1 rings (SSSR count). The van der Waals surface area contributed by atoms with Crippen LogP contribution in [0.4, 0.5) is 0 Å². The molecule has 1 atom stereocenters. The third kappa shape index (κ3) is 1.88. The number of aldehydes is 1. The standard InChI is InChI=1S/C9H15NO3/c1-7(2)9(3)6-8(12)10(13-9)4-5-11/h5,7H,4,6H2,1-3H3. The molecule has 0 radical (unpaired) electrons. The van der Waals surface area contributed by atoms with Crippen molar-refractivity contribution in [3.63, 3.8) is 0 Å². The molecule has 4 nitrogen and oxygen atoms in total. The quantitative estimate of drug-likeness (QED) is 0.610. The van der Waals surface area contributed by atoms with E-state index in [4.69, 9.17) is 4.84 Å². The highest BCUT2D eigenvalue weighted by atomic mass is 16.7. The Morgan fingerprint density at radius 2 is 2.31 bits per heavy atom. The number of hydroxylamine groups is 2. The normalized spacial score (nSPS) is 28.6. The van der Waals surface area contributed by atoms with Crippen LogP contribution in [-0.4, -0.2) is 29.4 Å². The Morgan fingerprint density at radius 1 is 1.69 bits per heavy atom. The maximum absolute atomic E-state index is 11.3. The molecule has 1 amide bonds. The van der Waals surface area contributed by atoms with Gasteiger partial charge in [-0.1, -0.05) is 13.8 Å². The van der Waals surface area contributed by atoms with Gasteiger partial charge in [0.15, 0.2) is 0 Å². The van der Waals surface area contributed by atoms with Crippen LogP contribution in [-0.2, 0) is 14.4 Å². The van der Waals surface area contributed by atoms with Gasteiger partial charge in [0, 0.05) is 0 Å². The van der Waals surface area contributed by atoms with Crippen LogP contribution in [0, 0.1) is 5.92 Å². The molecule has 74 valence electrons. The van der Waals surface area contributed by atoms with Crippen molar-refractivity contribution in [3.05, 3.63) is 0 Å². The lowest BCUT2D eigenvalue weighted by Crippen LogP contribution is -2.33. The lowest BCUT2D eigenvalue weighted by molar-refractivity contribution is -0.203. The zero-order chi connectivity index (χ0) is 10.1. The molecule has 0 aromatic carbocycles. The zero-order valence-electron chi connectivity index (χ0n) is 8.24. The van der Waals surface area contributed by atoms with Gasteiger partial charge in [0.1, 0.15) is 18.4 Å². The van der Waals surface area contributed by atoms with Crippen LogP contribution in [0.3, 0.4) is 0 Å². The van der Waals surface area contributed by atoms with Crippen molar-refractivity contribution in [2.24, 2.45) is 5.92 Å². The van der Waals surface area contributed by atoms with Gasteiger partial charge in [-0.15, -0.1) is 0 Å². The van der Waals surface area contributed by atoms with E-state index in [0.29, 0.717) is 12.7 Å². The third-order valence-corrected chi connectivity index (χ3v) is 2.56. The fourth-order valence-electron chi connectivity index (χ4n) is 1.24. The average Bonchev–Trinajstić information content (AvgIpc) is 2.29. The molecule has 1 aliphatic rings. The van der Waals surface area contributed by atoms with Crippen LogP contribution >= 0.6 is 0 Å². The Kier molecular flexibility index (Phi) is 2.71. The van der Waals surface area contributed by atoms with Gasteiger partial charge >= 0.3 is 0 Å². The molecule has 0 bridgehead atoms. The predicted octanol–water partition coefficient (Wildman–Crippen LogP) is 0.764. The first-order valence-electron chi connectivity index (χ1n) is 4.43. The van der Waals surface area contributed by atoms with Crippen LogP contribution in [0.25, 0.3) is 0 Å². The van der Waals surface area contributed by atoms with Gasteiger partial charge in [-0.25, -0.2) is 5.06 Å². The molecule has 1 unspecified atom stereocenters. The summed E-state index contributed by atoms with van der Waals surface area (Å²) < 4.78 is 0. The van der Waals surface area contributed by atoms with E-state index in [2.05, 4.69) is 0 Å². The molecule has 1 fully saturated rings. The van der Waals surface area contributed by atoms with E-state index in [9.17, 15) is 9.59 Å². The topological polar surface area (TPSA) is 46.6 Å². The second-order valence-corrected chi connectivity index (χ2v) is 3.86. The summed E-state index contributed by atoms with van der Waals surface area (Å²) in [7, 11) is 0. The van der Waals surface area contributed by atoms with Crippen molar-refractivity contribution in [1.82, 2.24) is 5.06 Å². The molecular weight excluding hydrogens is 170 g/mol. The lowest BCUT2D eigenvalue weighted by atomic mass is 9.90. The van der Waals surface area contributed by atoms with E-state index >= 15 is 0 Å². The van der Waals surface area contributed by atoms with Gasteiger partial charge < -0.3 is 4.79 Å². The summed E-state index contributed by atoms with van der Waals surface area (Å²) in [6, 6.07) is 0. The summed E-state index contributed by atoms with van der Waals surface area (Å²) in [5, 5.41) is 1.15. The Labute approximate surface area is 77.8 Å². The Bertz CT molecular complexity index is 227. The molecule has 0 spiro atoms. The minimum atomic E-state index is -0.444. The summed E-state index contributed by atoms with van der Waals surface area (Å²) in [5.41, 5.74) is -0.444. The molecular formula is C9H15NO3. The summed E-state index contributed by atoms with van der Waals surface area (Å²) in [6.07, 6.45) is 1.03. The number of hydrogen-bond donors (Lipinski definition) is 0. The molecule has 0 aromatic heterocycles. The molecule has 0 aliphatic carbocycles. The number of carbonyl (C=O) groups excluding carboxylic acids is 2. The molecule has 13 heavy (non-hydrogen) atoms. The van der Waals surface area contributed by atoms with E-state index in [0.717, 1.165) is 5.06 Å². The Morgan fingerprint density at radius 3 is 2.69 bits per heavy atom. The maximum Gasteiger partial charge on any atom is 0.249 e. The van der Waals surface area contributed by atoms with Crippen LogP contribution in [0.1, 0.15) is 27.2 Å². The minimum absolute atomic E-state index is 0.0289. The van der Waals surface area contributed by atoms with E-state index in [1.807, 2.05) is 20.8 Å². The summed E-state index contributed by atoms with van der Waals surface area (Å²) >= 11 is 0. The number of nitrogens with zero attached hydrogens (tertiary/aromatic N) is 1. The maximum atomic E-state index is 11.3. The molecule has 4 heteroatoms. The fourth-order valence-corrected chi connectivity index (χ4v) is 1.24. The van der Waals surface area contributed by atoms with Crippen LogP contribution in [0.2, 0.25) is 0 Å². The van der Waals surface area contributed by atoms with Crippen molar-refractivity contribution >= 4 is 12.2 Å². The van der Waals surface area contributed by atoms with Crippen molar-refractivity contribution < 1.29 is 14.4 Å². The summed E-state index contributed by atoms with van der Waals surface area (Å²) in [6.45, 7) is 5.91. The SMILES string of the molecule is CC(C)C1(C)CC(=O)N(CC=O)O1. The minimum Gasteiger partial charge on any atom is -0.301 e. The highest BCUT2D eigenvalue weighted by Gasteiger charge is 2.43. The molecule has 1 saturated heterocycles. The second-order valence-electron chi connectivity index (χ2n) is 3.86. The van der Waals surface area contributed by atoms with Gasteiger partial charge in [0.05, 0.1) is 6.42 Å². The van der Waals surface area contributed by atoms with Crippen LogP contribution in [0.5, 0.6) is 0 Å². The summed E-state index contributed by atoms with van der Waals surface area (Å²) in [5.74, 6) is 0.149. The van der Waals surface area contributed by atoms with Crippen molar-refractivity contribution in [2.75, 3.05) is 6.54 Å². The van der Waals surface area contributed by atoms with E-state index < -0.39 is 5.60 Å². The molecule has 0 saturated carbocycles. The van der Waals surface area contributed by atoms with Gasteiger partial charge in [-0.05, 0) is 12.8 Å². The van der Waals surface area contributed by atoms with Gasteiger partial charge in [0.25, 0.3) is 0 Å². The van der Waals surface area contributed by atoms with E-state index in [1.54, 1.807) is 0 Å². The van der Waals surface area contributed by atoms with Crippen LogP contribution in [0.15, 0.2) is 0 Å². The third-order valence-electron chi connectivity index (χ3n) is 2.56. The number of carbonyl (C=O) groups is 2. The number of rotatable bonds is 3. The molecule has 0 aromatic rings. The van der Waals surface area contributed by atoms with Crippen molar-refractivity contribution in [2.45, 2.75) is 32.8 Å². The fraction of sp³-hybridized carbons (Fsp3) is 0.778. The second kappa shape index (κ2) is 3.46. The first-order chi connectivity index (χ1) is 5.99. The Hall–Kier alpha value is -0.900. The number of hydrogen-bond acceptors (Lipinski definition) is 3. The van der Waals surface area contributed by atoms with Crippen molar-refractivity contribution in [1.29, 1.82) is 0 Å². The first kappa shape index (κ1) is 10.2. The van der Waals surface area contributed by atoms with Crippen LogP contribution < -0.4 is 0 Å². The average molecular weight is 185 g/mol. The van der Waals surface area contributed by atoms with Gasteiger partial charge in [-0.2, -0.15) is 0 Å². The smallest absolute Gasteiger partial charge is 0.249 e. The van der Waals surface area contributed by atoms with Gasteiger partial charge in [-0.3, -0.25) is 9.63 Å².